The van der Waals surface area contributed by atoms with Gasteiger partial charge in [0.05, 0.1) is 0 Å². The summed E-state index contributed by atoms with van der Waals surface area (Å²) in [5.41, 5.74) is 2.62. The molecule has 0 spiro atoms. The lowest BCUT2D eigenvalue weighted by molar-refractivity contribution is 0.834. The normalized spacial score (nSPS) is 10.1. The van der Waals surface area contributed by atoms with Crippen LogP contribution in [0.4, 0.5) is 5.69 Å². The van der Waals surface area contributed by atoms with Crippen LogP contribution in [0.1, 0.15) is 31.7 Å². The highest BCUT2D eigenvalue weighted by Crippen LogP contribution is 2.12. The Kier molecular flexibility index (Phi) is 5.13. The van der Waals surface area contributed by atoms with Crippen LogP contribution in [0.25, 0.3) is 0 Å². The summed E-state index contributed by atoms with van der Waals surface area (Å²) in [6, 6.07) is 8.62. The fourth-order valence-electron chi connectivity index (χ4n) is 1.45. The molecular weight excluding hydrogens is 170 g/mol. The molecule has 0 bridgehead atoms. The monoisotopic (exact) mass is 190 g/mol. The van der Waals surface area contributed by atoms with Gasteiger partial charge in [-0.25, -0.2) is 0 Å². The van der Waals surface area contributed by atoms with Crippen molar-refractivity contribution < 1.29 is 0 Å². The minimum Gasteiger partial charge on any atom is -0.385 e. The summed E-state index contributed by atoms with van der Waals surface area (Å²) in [7, 11) is 0. The third-order valence-electron chi connectivity index (χ3n) is 2.25. The summed E-state index contributed by atoms with van der Waals surface area (Å²) >= 11 is 0. The van der Waals surface area contributed by atoms with Gasteiger partial charge in [-0.15, -0.1) is 0 Å². The van der Waals surface area contributed by atoms with Crippen molar-refractivity contribution in [3.63, 3.8) is 0 Å². The van der Waals surface area contributed by atoms with E-state index in [1.807, 2.05) is 0 Å². The molecule has 1 N–H and O–H groups in total. The van der Waals surface area contributed by atoms with Crippen molar-refractivity contribution in [2.24, 2.45) is 0 Å². The summed E-state index contributed by atoms with van der Waals surface area (Å²) in [5.74, 6) is 0. The molecule has 0 saturated carbocycles. The molecule has 1 heteroatoms. The van der Waals surface area contributed by atoms with Crippen LogP contribution in [0, 0.1) is 6.92 Å². The molecule has 0 atom stereocenters. The van der Waals surface area contributed by atoms with Gasteiger partial charge in [-0.3, -0.25) is 0 Å². The van der Waals surface area contributed by atoms with Crippen LogP contribution in [-0.2, 0) is 6.42 Å². The topological polar surface area (TPSA) is 12.0 Å². The lowest BCUT2D eigenvalue weighted by atomic mass is 10.1. The molecule has 0 fully saturated rings. The Bertz CT molecular complexity index is 255. The maximum Gasteiger partial charge on any atom is 0.0342 e. The average Bonchev–Trinajstić information content (AvgIpc) is 2.19. The molecule has 0 unspecified atom stereocenters. The van der Waals surface area contributed by atoms with E-state index in [0.717, 1.165) is 19.4 Å². The first kappa shape index (κ1) is 11.1. The number of hydrogen-bond donors (Lipinski definition) is 1. The van der Waals surface area contributed by atoms with Gasteiger partial charge in [0.1, 0.15) is 0 Å². The standard InChI is InChI=1S/C13H20N/c1-3-5-10-14-13-9-6-8-12(11-13)7-4-2/h6,8-9,11,14H,2-5,7,10H2,1H3. The molecule has 14 heavy (non-hydrogen) atoms. The Morgan fingerprint density at radius 3 is 2.93 bits per heavy atom. The van der Waals surface area contributed by atoms with Crippen molar-refractivity contribution >= 4 is 5.69 Å². The number of rotatable bonds is 6. The van der Waals surface area contributed by atoms with Gasteiger partial charge in [0.2, 0.25) is 0 Å². The molecule has 1 rings (SSSR count). The maximum absolute atomic E-state index is 3.87. The molecule has 0 heterocycles. The zero-order valence-electron chi connectivity index (χ0n) is 9.05. The summed E-state index contributed by atoms with van der Waals surface area (Å²) in [6.45, 7) is 7.15. The summed E-state index contributed by atoms with van der Waals surface area (Å²) in [5, 5.41) is 3.42. The second-order valence-electron chi connectivity index (χ2n) is 3.58. The second-order valence-corrected chi connectivity index (χ2v) is 3.58. The maximum atomic E-state index is 3.87. The molecule has 0 saturated heterocycles. The average molecular weight is 190 g/mol. The molecule has 1 nitrogen and oxygen atoms in total. The minimum atomic E-state index is 0.971. The van der Waals surface area contributed by atoms with Crippen molar-refractivity contribution in [2.75, 3.05) is 11.9 Å². The van der Waals surface area contributed by atoms with E-state index in [-0.39, 0.29) is 0 Å². The fraction of sp³-hybridized carbons (Fsp3) is 0.462. The van der Waals surface area contributed by atoms with Crippen molar-refractivity contribution in [2.45, 2.75) is 32.6 Å². The molecule has 1 aromatic rings. The Morgan fingerprint density at radius 2 is 2.21 bits per heavy atom. The van der Waals surface area contributed by atoms with E-state index in [1.54, 1.807) is 0 Å². The highest BCUT2D eigenvalue weighted by molar-refractivity contribution is 5.45. The number of hydrogen-bond acceptors (Lipinski definition) is 1. The Hall–Kier alpha value is -0.980. The van der Waals surface area contributed by atoms with Gasteiger partial charge in [0.25, 0.3) is 0 Å². The molecule has 0 aromatic heterocycles. The van der Waals surface area contributed by atoms with Crippen LogP contribution in [0.15, 0.2) is 24.3 Å². The van der Waals surface area contributed by atoms with Crippen molar-refractivity contribution in [1.29, 1.82) is 0 Å². The van der Waals surface area contributed by atoms with Gasteiger partial charge in [0, 0.05) is 12.2 Å². The SMILES string of the molecule is [CH2]CCc1cccc(NCCCC)c1. The zero-order valence-corrected chi connectivity index (χ0v) is 9.05. The first-order valence-corrected chi connectivity index (χ1v) is 5.49. The molecule has 0 aliphatic carbocycles. The number of nitrogens with one attached hydrogen (secondary N) is 1. The molecule has 1 aromatic carbocycles. The smallest absolute Gasteiger partial charge is 0.0342 e. The summed E-state index contributed by atoms with van der Waals surface area (Å²) in [4.78, 5) is 0. The molecular formula is C13H20N. The predicted octanol–water partition coefficient (Wildman–Crippen LogP) is 3.67. The number of benzene rings is 1. The van der Waals surface area contributed by atoms with Crippen LogP contribution in [-0.4, -0.2) is 6.54 Å². The molecule has 1 radical (unpaired) electrons. The van der Waals surface area contributed by atoms with E-state index in [4.69, 9.17) is 0 Å². The first-order chi connectivity index (χ1) is 6.86. The summed E-state index contributed by atoms with van der Waals surface area (Å²) in [6.07, 6.45) is 4.52. The number of unbranched alkanes of at least 4 members (excludes halogenated alkanes) is 1. The third-order valence-corrected chi connectivity index (χ3v) is 2.25. The summed E-state index contributed by atoms with van der Waals surface area (Å²) < 4.78 is 0. The molecule has 0 aliphatic heterocycles. The third kappa shape index (κ3) is 3.82. The van der Waals surface area contributed by atoms with E-state index in [2.05, 4.69) is 43.4 Å². The van der Waals surface area contributed by atoms with Crippen LogP contribution < -0.4 is 5.32 Å². The van der Waals surface area contributed by atoms with Crippen molar-refractivity contribution in [3.05, 3.63) is 36.8 Å². The molecule has 77 valence electrons. The highest BCUT2D eigenvalue weighted by atomic mass is 14.9. The number of aryl methyl sites for hydroxylation is 1. The van der Waals surface area contributed by atoms with E-state index >= 15 is 0 Å². The minimum absolute atomic E-state index is 0.971. The van der Waals surface area contributed by atoms with Gasteiger partial charge < -0.3 is 5.32 Å². The molecule has 0 aliphatic rings. The van der Waals surface area contributed by atoms with E-state index in [9.17, 15) is 0 Å². The van der Waals surface area contributed by atoms with Crippen LogP contribution >= 0.6 is 0 Å². The van der Waals surface area contributed by atoms with Gasteiger partial charge in [-0.2, -0.15) is 0 Å². The van der Waals surface area contributed by atoms with Gasteiger partial charge in [-0.1, -0.05) is 32.4 Å². The highest BCUT2D eigenvalue weighted by Gasteiger charge is 1.94. The lowest BCUT2D eigenvalue weighted by Crippen LogP contribution is -2.00. The van der Waals surface area contributed by atoms with Gasteiger partial charge >= 0.3 is 0 Å². The Morgan fingerprint density at radius 1 is 1.36 bits per heavy atom. The Balaban J connectivity index is 2.46. The first-order valence-electron chi connectivity index (χ1n) is 5.49. The fourth-order valence-corrected chi connectivity index (χ4v) is 1.45. The van der Waals surface area contributed by atoms with Crippen LogP contribution in [0.3, 0.4) is 0 Å². The van der Waals surface area contributed by atoms with E-state index in [1.165, 1.54) is 24.1 Å². The molecule has 0 amide bonds. The predicted molar refractivity (Wildman–Crippen MR) is 63.5 cm³/mol. The largest absolute Gasteiger partial charge is 0.385 e. The number of anilines is 1. The van der Waals surface area contributed by atoms with Crippen LogP contribution in [0.5, 0.6) is 0 Å². The van der Waals surface area contributed by atoms with Gasteiger partial charge in [-0.05, 0) is 37.0 Å². The second kappa shape index (κ2) is 6.47. The van der Waals surface area contributed by atoms with Crippen LogP contribution in [0.2, 0.25) is 0 Å². The lowest BCUT2D eigenvalue weighted by Gasteiger charge is -2.07. The van der Waals surface area contributed by atoms with E-state index in [0.29, 0.717) is 0 Å². The van der Waals surface area contributed by atoms with Crippen molar-refractivity contribution in [1.82, 2.24) is 0 Å². The van der Waals surface area contributed by atoms with E-state index < -0.39 is 0 Å². The van der Waals surface area contributed by atoms with Crippen molar-refractivity contribution in [3.8, 4) is 0 Å². The van der Waals surface area contributed by atoms with Gasteiger partial charge in [0.15, 0.2) is 0 Å². The quantitative estimate of drug-likeness (QED) is 0.675. The zero-order chi connectivity index (χ0) is 10.2. The Labute approximate surface area is 87.5 Å².